The molecule has 1 fully saturated rings. The monoisotopic (exact) mass is 326 g/mol. The molecular formula is C20H26N2O2. The number of nitrogen functional groups attached to an aromatic ring is 1. The number of esters is 1. The van der Waals surface area contributed by atoms with Crippen molar-refractivity contribution in [3.05, 3.63) is 42.1 Å². The Morgan fingerprint density at radius 1 is 1.12 bits per heavy atom. The van der Waals surface area contributed by atoms with E-state index in [0.29, 0.717) is 29.1 Å². The fourth-order valence-corrected chi connectivity index (χ4v) is 4.11. The van der Waals surface area contributed by atoms with E-state index in [-0.39, 0.29) is 12.1 Å². The summed E-state index contributed by atoms with van der Waals surface area (Å²) in [6.07, 6.45) is 3.91. The number of hydrogen-bond acceptors (Lipinski definition) is 3. The van der Waals surface area contributed by atoms with E-state index in [0.717, 1.165) is 24.0 Å². The van der Waals surface area contributed by atoms with Crippen molar-refractivity contribution in [2.45, 2.75) is 39.7 Å². The van der Waals surface area contributed by atoms with Crippen LogP contribution in [0, 0.1) is 17.8 Å². The van der Waals surface area contributed by atoms with Crippen LogP contribution in [0.25, 0.3) is 11.1 Å². The number of H-pyrrole nitrogens is 1. The number of hydrogen-bond donors (Lipinski definition) is 2. The number of aromatic amines is 1. The highest BCUT2D eigenvalue weighted by Crippen LogP contribution is 2.36. The van der Waals surface area contributed by atoms with Gasteiger partial charge in [-0.15, -0.1) is 0 Å². The Morgan fingerprint density at radius 3 is 2.38 bits per heavy atom. The first-order valence-corrected chi connectivity index (χ1v) is 8.70. The molecule has 0 radical (unpaired) electrons. The number of anilines is 1. The number of nitrogens with two attached hydrogens (primary N) is 1. The molecule has 128 valence electrons. The number of ether oxygens (including phenoxy) is 1. The molecule has 1 saturated carbocycles. The van der Waals surface area contributed by atoms with E-state index in [1.54, 1.807) is 6.20 Å². The lowest BCUT2D eigenvalue weighted by molar-refractivity contribution is -0.0250. The van der Waals surface area contributed by atoms with Gasteiger partial charge in [-0.25, -0.2) is 4.79 Å². The van der Waals surface area contributed by atoms with Crippen LogP contribution >= 0.6 is 0 Å². The van der Waals surface area contributed by atoms with Gasteiger partial charge in [-0.05, 0) is 36.2 Å². The van der Waals surface area contributed by atoms with Gasteiger partial charge in [-0.2, -0.15) is 0 Å². The Bertz CT molecular complexity index is 696. The summed E-state index contributed by atoms with van der Waals surface area (Å²) in [6.45, 7) is 6.61. The molecule has 1 aliphatic carbocycles. The normalized spacial score (nSPS) is 27.0. The summed E-state index contributed by atoms with van der Waals surface area (Å²) >= 11 is 0. The van der Waals surface area contributed by atoms with Gasteiger partial charge in [0, 0.05) is 11.8 Å². The minimum atomic E-state index is -0.328. The second kappa shape index (κ2) is 6.71. The van der Waals surface area contributed by atoms with Gasteiger partial charge in [0.1, 0.15) is 17.5 Å². The predicted octanol–water partition coefficient (Wildman–Crippen LogP) is 4.49. The minimum Gasteiger partial charge on any atom is -0.458 e. The molecule has 4 heteroatoms. The van der Waals surface area contributed by atoms with Gasteiger partial charge >= 0.3 is 5.97 Å². The quantitative estimate of drug-likeness (QED) is 0.817. The lowest BCUT2D eigenvalue weighted by Crippen LogP contribution is -2.37. The summed E-state index contributed by atoms with van der Waals surface area (Å²) < 4.78 is 5.91. The predicted molar refractivity (Wildman–Crippen MR) is 96.6 cm³/mol. The largest absolute Gasteiger partial charge is 0.458 e. The van der Waals surface area contributed by atoms with Crippen molar-refractivity contribution < 1.29 is 9.53 Å². The summed E-state index contributed by atoms with van der Waals surface area (Å²) in [5.74, 6) is 1.46. The van der Waals surface area contributed by atoms with Crippen molar-refractivity contribution in [2.75, 3.05) is 5.73 Å². The molecule has 0 amide bonds. The first-order valence-electron chi connectivity index (χ1n) is 8.70. The molecule has 0 bridgehead atoms. The molecule has 4 nitrogen and oxygen atoms in total. The maximum atomic E-state index is 12.8. The van der Waals surface area contributed by atoms with E-state index >= 15 is 0 Å². The van der Waals surface area contributed by atoms with E-state index in [2.05, 4.69) is 25.8 Å². The molecule has 0 saturated heterocycles. The number of benzene rings is 1. The number of nitrogens with one attached hydrogen (secondary N) is 1. The zero-order chi connectivity index (χ0) is 17.3. The molecule has 1 aromatic carbocycles. The van der Waals surface area contributed by atoms with Crippen molar-refractivity contribution in [1.82, 2.24) is 4.98 Å². The molecule has 3 rings (SSSR count). The third-order valence-corrected chi connectivity index (χ3v) is 5.11. The Morgan fingerprint density at radius 2 is 1.75 bits per heavy atom. The van der Waals surface area contributed by atoms with Crippen LogP contribution in [0.5, 0.6) is 0 Å². The Kier molecular flexibility index (Phi) is 4.65. The summed E-state index contributed by atoms with van der Waals surface area (Å²) in [4.78, 5) is 15.8. The SMILES string of the molecule is CC1CC(C)C(OC(=O)c2c(-c3ccccc3)c[nH]c2N)C(C)C1. The zero-order valence-corrected chi connectivity index (χ0v) is 14.6. The maximum Gasteiger partial charge on any atom is 0.342 e. The van der Waals surface area contributed by atoms with Gasteiger partial charge in [-0.3, -0.25) is 0 Å². The van der Waals surface area contributed by atoms with Crippen LogP contribution in [0.1, 0.15) is 44.0 Å². The number of carbonyl (C=O) groups excluding carboxylic acids is 1. The first kappa shape index (κ1) is 16.6. The van der Waals surface area contributed by atoms with Crippen LogP contribution < -0.4 is 5.73 Å². The van der Waals surface area contributed by atoms with E-state index in [4.69, 9.17) is 10.5 Å². The average Bonchev–Trinajstić information content (AvgIpc) is 2.93. The topological polar surface area (TPSA) is 68.1 Å². The average molecular weight is 326 g/mol. The van der Waals surface area contributed by atoms with E-state index in [9.17, 15) is 4.79 Å². The highest BCUT2D eigenvalue weighted by molar-refractivity contribution is 6.02. The molecule has 1 aliphatic rings. The molecule has 24 heavy (non-hydrogen) atoms. The fourth-order valence-electron chi connectivity index (χ4n) is 4.11. The Balaban J connectivity index is 1.85. The van der Waals surface area contributed by atoms with Crippen molar-refractivity contribution in [1.29, 1.82) is 0 Å². The van der Waals surface area contributed by atoms with Crippen LogP contribution in [-0.4, -0.2) is 17.1 Å². The fraction of sp³-hybridized carbons (Fsp3) is 0.450. The van der Waals surface area contributed by atoms with Crippen LogP contribution in [-0.2, 0) is 4.74 Å². The van der Waals surface area contributed by atoms with Gasteiger partial charge in [0.2, 0.25) is 0 Å². The summed E-state index contributed by atoms with van der Waals surface area (Å²) in [7, 11) is 0. The van der Waals surface area contributed by atoms with E-state index in [1.165, 1.54) is 0 Å². The molecule has 1 aromatic heterocycles. The highest BCUT2D eigenvalue weighted by Gasteiger charge is 2.35. The maximum absolute atomic E-state index is 12.8. The molecule has 0 aliphatic heterocycles. The number of aromatic nitrogens is 1. The lowest BCUT2D eigenvalue weighted by Gasteiger charge is -2.37. The smallest absolute Gasteiger partial charge is 0.342 e. The van der Waals surface area contributed by atoms with Crippen LogP contribution in [0.3, 0.4) is 0 Å². The summed E-state index contributed by atoms with van der Waals surface area (Å²) in [6, 6.07) is 9.77. The molecule has 1 heterocycles. The van der Waals surface area contributed by atoms with Gasteiger partial charge in [-0.1, -0.05) is 51.1 Å². The molecule has 2 atom stereocenters. The molecule has 2 aromatic rings. The standard InChI is InChI=1S/C20H26N2O2/c1-12-9-13(2)18(14(3)10-12)24-20(23)17-16(11-22-19(17)21)15-7-5-4-6-8-15/h4-8,11-14,18,22H,9-10,21H2,1-3H3. The summed E-state index contributed by atoms with van der Waals surface area (Å²) in [5, 5.41) is 0. The van der Waals surface area contributed by atoms with Gasteiger partial charge in [0.05, 0.1) is 0 Å². The Labute approximate surface area is 143 Å². The third kappa shape index (κ3) is 3.18. The highest BCUT2D eigenvalue weighted by atomic mass is 16.5. The molecule has 2 unspecified atom stereocenters. The van der Waals surface area contributed by atoms with Gasteiger partial charge in [0.25, 0.3) is 0 Å². The molecule has 0 spiro atoms. The lowest BCUT2D eigenvalue weighted by atomic mass is 9.75. The van der Waals surface area contributed by atoms with Gasteiger partial charge in [0.15, 0.2) is 0 Å². The van der Waals surface area contributed by atoms with Crippen molar-refractivity contribution >= 4 is 11.8 Å². The number of rotatable bonds is 3. The molecular weight excluding hydrogens is 300 g/mol. The van der Waals surface area contributed by atoms with Crippen LogP contribution in [0.15, 0.2) is 36.5 Å². The van der Waals surface area contributed by atoms with E-state index < -0.39 is 0 Å². The second-order valence-corrected chi connectivity index (χ2v) is 7.26. The van der Waals surface area contributed by atoms with Crippen LogP contribution in [0.2, 0.25) is 0 Å². The Hall–Kier alpha value is -2.23. The number of carbonyl (C=O) groups is 1. The third-order valence-electron chi connectivity index (χ3n) is 5.11. The first-order chi connectivity index (χ1) is 11.5. The van der Waals surface area contributed by atoms with Crippen molar-refractivity contribution in [3.63, 3.8) is 0 Å². The molecule has 3 N–H and O–H groups in total. The van der Waals surface area contributed by atoms with Crippen molar-refractivity contribution in [3.8, 4) is 11.1 Å². The second-order valence-electron chi connectivity index (χ2n) is 7.26. The van der Waals surface area contributed by atoms with E-state index in [1.807, 2.05) is 30.3 Å². The minimum absolute atomic E-state index is 0.0494. The summed E-state index contributed by atoms with van der Waals surface area (Å²) in [5.41, 5.74) is 8.21. The zero-order valence-electron chi connectivity index (χ0n) is 14.6. The van der Waals surface area contributed by atoms with Crippen LogP contribution in [0.4, 0.5) is 5.82 Å². The van der Waals surface area contributed by atoms with Gasteiger partial charge < -0.3 is 15.5 Å². The van der Waals surface area contributed by atoms with Crippen molar-refractivity contribution in [2.24, 2.45) is 17.8 Å².